The van der Waals surface area contributed by atoms with E-state index in [-0.39, 0.29) is 35.1 Å². The van der Waals surface area contributed by atoms with Crippen LogP contribution in [0.2, 0.25) is 0 Å². The summed E-state index contributed by atoms with van der Waals surface area (Å²) in [5.74, 6) is -0.874. The second-order valence-corrected chi connectivity index (χ2v) is 3.09. The van der Waals surface area contributed by atoms with Gasteiger partial charge in [0.2, 0.25) is 0 Å². The van der Waals surface area contributed by atoms with E-state index in [4.69, 9.17) is 10.5 Å². The first-order valence-corrected chi connectivity index (χ1v) is 4.86. The third-order valence-electron chi connectivity index (χ3n) is 2.00. The number of rotatable bonds is 5. The second kappa shape index (κ2) is 7.68. The van der Waals surface area contributed by atoms with Crippen LogP contribution in [0.3, 0.4) is 0 Å². The van der Waals surface area contributed by atoms with E-state index in [1.807, 2.05) is 0 Å². The molecule has 0 radical (unpaired) electrons. The molecule has 0 bridgehead atoms. The van der Waals surface area contributed by atoms with Gasteiger partial charge >= 0.3 is 29.6 Å². The van der Waals surface area contributed by atoms with E-state index < -0.39 is 5.97 Å². The van der Waals surface area contributed by atoms with Gasteiger partial charge in [0.25, 0.3) is 0 Å². The molecule has 0 heterocycles. The minimum absolute atomic E-state index is 0. The van der Waals surface area contributed by atoms with Crippen molar-refractivity contribution in [2.75, 3.05) is 13.2 Å². The Kier molecular flexibility index (Phi) is 7.42. The zero-order chi connectivity index (χ0) is 11.3. The van der Waals surface area contributed by atoms with Crippen LogP contribution in [0.1, 0.15) is 22.8 Å². The maximum atomic E-state index is 10.7. The fraction of sp³-hybridized carbons (Fsp3) is 0.364. The molecule has 0 spiro atoms. The molecule has 0 aliphatic carbocycles. The average Bonchev–Trinajstić information content (AvgIpc) is 2.18. The Balaban J connectivity index is 0.00000225. The van der Waals surface area contributed by atoms with Crippen molar-refractivity contribution < 1.29 is 44.2 Å². The van der Waals surface area contributed by atoms with E-state index in [1.54, 1.807) is 19.1 Å². The van der Waals surface area contributed by atoms with E-state index in [2.05, 4.69) is 0 Å². The van der Waals surface area contributed by atoms with E-state index in [1.165, 1.54) is 6.07 Å². The molecule has 1 aromatic rings. The SMILES string of the molecule is CCOc1cc(CCN)ccc1C(=O)[O-].[Na+]. The van der Waals surface area contributed by atoms with Gasteiger partial charge in [0.1, 0.15) is 5.75 Å². The van der Waals surface area contributed by atoms with Crippen molar-refractivity contribution in [3.63, 3.8) is 0 Å². The Hall–Kier alpha value is -0.550. The van der Waals surface area contributed by atoms with Crippen LogP contribution in [-0.4, -0.2) is 19.1 Å². The number of aromatic carboxylic acids is 1. The molecule has 0 fully saturated rings. The predicted octanol–water partition coefficient (Wildman–Crippen LogP) is -3.05. The van der Waals surface area contributed by atoms with Gasteiger partial charge in [-0.05, 0) is 37.6 Å². The number of carbonyl (C=O) groups excluding carboxylic acids is 1. The minimum atomic E-state index is -1.22. The number of hydrogen-bond acceptors (Lipinski definition) is 4. The topological polar surface area (TPSA) is 75.4 Å². The van der Waals surface area contributed by atoms with E-state index in [9.17, 15) is 9.90 Å². The molecule has 0 amide bonds. The van der Waals surface area contributed by atoms with Crippen molar-refractivity contribution in [3.8, 4) is 5.75 Å². The van der Waals surface area contributed by atoms with Gasteiger partial charge in [0, 0.05) is 5.56 Å². The summed E-state index contributed by atoms with van der Waals surface area (Å²) in [4.78, 5) is 10.7. The molecule has 0 aliphatic rings. The number of hydrogen-bond donors (Lipinski definition) is 1. The van der Waals surface area contributed by atoms with Crippen LogP contribution in [-0.2, 0) is 6.42 Å². The summed E-state index contributed by atoms with van der Waals surface area (Å²) in [7, 11) is 0. The summed E-state index contributed by atoms with van der Waals surface area (Å²) >= 11 is 0. The smallest absolute Gasteiger partial charge is 0.545 e. The Bertz CT molecular complexity index is 355. The molecule has 0 aromatic heterocycles. The molecule has 5 heteroatoms. The van der Waals surface area contributed by atoms with Crippen LogP contribution in [0.25, 0.3) is 0 Å². The number of carboxylic acid groups (broad SMARTS) is 1. The molecule has 0 saturated heterocycles. The van der Waals surface area contributed by atoms with Crippen molar-refractivity contribution in [1.29, 1.82) is 0 Å². The Morgan fingerprint density at radius 1 is 1.50 bits per heavy atom. The first-order chi connectivity index (χ1) is 7.19. The number of nitrogens with two attached hydrogens (primary N) is 1. The predicted molar refractivity (Wildman–Crippen MR) is 54.7 cm³/mol. The van der Waals surface area contributed by atoms with Gasteiger partial charge in [-0.2, -0.15) is 0 Å². The van der Waals surface area contributed by atoms with Gasteiger partial charge in [-0.15, -0.1) is 0 Å². The first kappa shape index (κ1) is 15.4. The molecular formula is C11H14NNaO3. The van der Waals surface area contributed by atoms with Crippen LogP contribution < -0.4 is 45.1 Å². The first-order valence-electron chi connectivity index (χ1n) is 4.86. The second-order valence-electron chi connectivity index (χ2n) is 3.09. The fourth-order valence-corrected chi connectivity index (χ4v) is 1.33. The van der Waals surface area contributed by atoms with Gasteiger partial charge in [-0.3, -0.25) is 0 Å². The van der Waals surface area contributed by atoms with Crippen LogP contribution in [0.4, 0.5) is 0 Å². The largest absolute Gasteiger partial charge is 1.00 e. The van der Waals surface area contributed by atoms with Crippen molar-refractivity contribution in [2.24, 2.45) is 5.73 Å². The van der Waals surface area contributed by atoms with Gasteiger partial charge in [0.05, 0.1) is 12.6 Å². The summed E-state index contributed by atoms with van der Waals surface area (Å²) in [5.41, 5.74) is 6.46. The molecule has 0 unspecified atom stereocenters. The van der Waals surface area contributed by atoms with Crippen molar-refractivity contribution in [2.45, 2.75) is 13.3 Å². The molecule has 4 nitrogen and oxygen atoms in total. The van der Waals surface area contributed by atoms with Crippen LogP contribution in [0, 0.1) is 0 Å². The number of benzene rings is 1. The zero-order valence-corrected chi connectivity index (χ0v) is 11.7. The summed E-state index contributed by atoms with van der Waals surface area (Å²) in [6.45, 7) is 2.75. The maximum Gasteiger partial charge on any atom is 1.00 e. The molecule has 0 atom stereocenters. The third kappa shape index (κ3) is 4.14. The third-order valence-corrected chi connectivity index (χ3v) is 2.00. The van der Waals surface area contributed by atoms with Gasteiger partial charge in [-0.1, -0.05) is 6.07 Å². The quantitative estimate of drug-likeness (QED) is 0.546. The molecule has 1 rings (SSSR count). The normalized spacial score (nSPS) is 9.38. The maximum absolute atomic E-state index is 10.7. The summed E-state index contributed by atoms with van der Waals surface area (Å²) in [5, 5.41) is 10.7. The van der Waals surface area contributed by atoms with Crippen LogP contribution >= 0.6 is 0 Å². The monoisotopic (exact) mass is 231 g/mol. The molecule has 0 aliphatic heterocycles. The summed E-state index contributed by atoms with van der Waals surface area (Å²) in [6, 6.07) is 4.91. The van der Waals surface area contributed by atoms with E-state index in [0.717, 1.165) is 5.56 Å². The number of ether oxygens (including phenoxy) is 1. The fourth-order valence-electron chi connectivity index (χ4n) is 1.33. The van der Waals surface area contributed by atoms with Gasteiger partial charge < -0.3 is 20.4 Å². The molecule has 82 valence electrons. The Morgan fingerprint density at radius 2 is 2.19 bits per heavy atom. The molecule has 16 heavy (non-hydrogen) atoms. The van der Waals surface area contributed by atoms with Crippen LogP contribution in [0.5, 0.6) is 5.75 Å². The molecule has 0 saturated carbocycles. The van der Waals surface area contributed by atoms with E-state index in [0.29, 0.717) is 25.3 Å². The standard InChI is InChI=1S/C11H15NO3.Na/c1-2-15-10-7-8(5-6-12)3-4-9(10)11(13)14;/h3-4,7H,2,5-6,12H2,1H3,(H,13,14);/q;+1/p-1. The number of carboxylic acids is 1. The van der Waals surface area contributed by atoms with Crippen molar-refractivity contribution in [3.05, 3.63) is 29.3 Å². The zero-order valence-electron chi connectivity index (χ0n) is 9.66. The molecule has 1 aromatic carbocycles. The van der Waals surface area contributed by atoms with Gasteiger partial charge in [-0.25, -0.2) is 0 Å². The minimum Gasteiger partial charge on any atom is -0.545 e. The molecule has 2 N–H and O–H groups in total. The number of carbonyl (C=O) groups is 1. The Morgan fingerprint density at radius 3 is 2.69 bits per heavy atom. The van der Waals surface area contributed by atoms with Crippen molar-refractivity contribution in [1.82, 2.24) is 0 Å². The van der Waals surface area contributed by atoms with E-state index >= 15 is 0 Å². The summed E-state index contributed by atoms with van der Waals surface area (Å²) in [6.07, 6.45) is 0.702. The Labute approximate surface area is 117 Å². The molecular weight excluding hydrogens is 217 g/mol. The van der Waals surface area contributed by atoms with Crippen LogP contribution in [0.15, 0.2) is 18.2 Å². The summed E-state index contributed by atoms with van der Waals surface area (Å²) < 4.78 is 5.22. The average molecular weight is 231 g/mol. The van der Waals surface area contributed by atoms with Gasteiger partial charge in [0.15, 0.2) is 0 Å². The van der Waals surface area contributed by atoms with Crippen molar-refractivity contribution >= 4 is 5.97 Å².